The van der Waals surface area contributed by atoms with Gasteiger partial charge in [0.1, 0.15) is 5.82 Å². The standard InChI is InChI=1S/C11H10ClFN2OS/c12-6-3-7(13)5-8(4-6)15-10(16)11(1-2-11)9(14)17/h3-5H,1-2H2,(H2,14,17)(H,15,16). The molecule has 1 fully saturated rings. The summed E-state index contributed by atoms with van der Waals surface area (Å²) in [4.78, 5) is 12.1. The second-order valence-electron chi connectivity index (χ2n) is 4.06. The highest BCUT2D eigenvalue weighted by Crippen LogP contribution is 2.46. The minimum atomic E-state index is -0.756. The molecule has 1 amide bonds. The number of hydrogen-bond acceptors (Lipinski definition) is 2. The van der Waals surface area contributed by atoms with Crippen LogP contribution < -0.4 is 11.1 Å². The van der Waals surface area contributed by atoms with Crippen molar-refractivity contribution in [3.05, 3.63) is 29.0 Å². The molecule has 17 heavy (non-hydrogen) atoms. The van der Waals surface area contributed by atoms with E-state index < -0.39 is 11.2 Å². The van der Waals surface area contributed by atoms with E-state index in [2.05, 4.69) is 5.32 Å². The number of carbonyl (C=O) groups excluding carboxylic acids is 1. The molecule has 0 heterocycles. The topological polar surface area (TPSA) is 55.1 Å². The van der Waals surface area contributed by atoms with Crippen molar-refractivity contribution in [3.63, 3.8) is 0 Å². The molecule has 1 aromatic rings. The Labute approximate surface area is 108 Å². The lowest BCUT2D eigenvalue weighted by atomic mass is 10.1. The first-order chi connectivity index (χ1) is 7.94. The van der Waals surface area contributed by atoms with Crippen LogP contribution in [0, 0.1) is 11.2 Å². The maximum Gasteiger partial charge on any atom is 0.237 e. The Balaban J connectivity index is 2.16. The van der Waals surface area contributed by atoms with Crippen LogP contribution in [0.3, 0.4) is 0 Å². The first-order valence-electron chi connectivity index (χ1n) is 5.01. The van der Waals surface area contributed by atoms with Crippen molar-refractivity contribution in [1.29, 1.82) is 0 Å². The maximum absolute atomic E-state index is 13.1. The highest BCUT2D eigenvalue weighted by molar-refractivity contribution is 7.80. The monoisotopic (exact) mass is 272 g/mol. The molecule has 3 N–H and O–H groups in total. The first kappa shape index (κ1) is 12.3. The summed E-state index contributed by atoms with van der Waals surface area (Å²) in [5, 5.41) is 2.80. The number of benzene rings is 1. The van der Waals surface area contributed by atoms with E-state index in [0.717, 1.165) is 6.07 Å². The third kappa shape index (κ3) is 2.40. The van der Waals surface area contributed by atoms with Gasteiger partial charge in [-0.05, 0) is 31.0 Å². The van der Waals surface area contributed by atoms with Crippen LogP contribution in [0.4, 0.5) is 10.1 Å². The van der Waals surface area contributed by atoms with Crippen LogP contribution in [0.5, 0.6) is 0 Å². The maximum atomic E-state index is 13.1. The lowest BCUT2D eigenvalue weighted by Gasteiger charge is -2.13. The van der Waals surface area contributed by atoms with Gasteiger partial charge in [-0.2, -0.15) is 0 Å². The molecule has 90 valence electrons. The lowest BCUT2D eigenvalue weighted by molar-refractivity contribution is -0.118. The van der Waals surface area contributed by atoms with Gasteiger partial charge in [0.2, 0.25) is 5.91 Å². The number of hydrogen-bond donors (Lipinski definition) is 2. The predicted molar refractivity (Wildman–Crippen MR) is 68.5 cm³/mol. The fraction of sp³-hybridized carbons (Fsp3) is 0.273. The molecule has 1 aliphatic rings. The zero-order chi connectivity index (χ0) is 12.6. The number of carbonyl (C=O) groups is 1. The van der Waals surface area contributed by atoms with E-state index in [1.165, 1.54) is 12.1 Å². The zero-order valence-corrected chi connectivity index (χ0v) is 10.4. The summed E-state index contributed by atoms with van der Waals surface area (Å²) in [5.74, 6) is -0.806. The number of nitrogens with one attached hydrogen (secondary N) is 1. The molecule has 1 saturated carbocycles. The second kappa shape index (κ2) is 4.23. The normalized spacial score (nSPS) is 16.4. The average molecular weight is 273 g/mol. The average Bonchev–Trinajstić information content (AvgIpc) is 2.95. The van der Waals surface area contributed by atoms with Gasteiger partial charge in [-0.25, -0.2) is 4.39 Å². The molecule has 0 bridgehead atoms. The molecule has 0 unspecified atom stereocenters. The number of thiocarbonyl (C=S) groups is 1. The van der Waals surface area contributed by atoms with E-state index in [0.29, 0.717) is 18.5 Å². The fourth-order valence-corrected chi connectivity index (χ4v) is 2.11. The lowest BCUT2D eigenvalue weighted by Crippen LogP contribution is -2.35. The molecule has 0 atom stereocenters. The summed E-state index contributed by atoms with van der Waals surface area (Å²) in [6.07, 6.45) is 1.27. The number of halogens is 2. The molecular formula is C11H10ClFN2OS. The van der Waals surface area contributed by atoms with Crippen LogP contribution in [0.2, 0.25) is 5.02 Å². The van der Waals surface area contributed by atoms with Crippen molar-refractivity contribution in [2.75, 3.05) is 5.32 Å². The molecule has 1 aromatic carbocycles. The summed E-state index contributed by atoms with van der Waals surface area (Å²) >= 11 is 10.5. The minimum absolute atomic E-state index is 0.178. The SMILES string of the molecule is NC(=S)C1(C(=O)Nc2cc(F)cc(Cl)c2)CC1. The minimum Gasteiger partial charge on any atom is -0.392 e. The number of amides is 1. The second-order valence-corrected chi connectivity index (χ2v) is 4.93. The van der Waals surface area contributed by atoms with E-state index in [-0.39, 0.29) is 15.9 Å². The molecule has 0 saturated heterocycles. The quantitative estimate of drug-likeness (QED) is 0.831. The zero-order valence-electron chi connectivity index (χ0n) is 8.80. The summed E-state index contributed by atoms with van der Waals surface area (Å²) < 4.78 is 13.1. The van der Waals surface area contributed by atoms with Crippen LogP contribution in [-0.2, 0) is 4.79 Å². The van der Waals surface area contributed by atoms with Crippen LogP contribution in [0.15, 0.2) is 18.2 Å². The van der Waals surface area contributed by atoms with Gasteiger partial charge in [-0.1, -0.05) is 23.8 Å². The highest BCUT2D eigenvalue weighted by Gasteiger charge is 2.52. The van der Waals surface area contributed by atoms with E-state index in [4.69, 9.17) is 29.6 Å². The molecule has 0 radical (unpaired) electrons. The van der Waals surface area contributed by atoms with Crippen molar-refractivity contribution >= 4 is 40.4 Å². The van der Waals surface area contributed by atoms with Gasteiger partial charge in [0.25, 0.3) is 0 Å². The number of rotatable bonds is 3. The molecule has 1 aliphatic carbocycles. The van der Waals surface area contributed by atoms with Crippen LogP contribution >= 0.6 is 23.8 Å². The summed E-state index contributed by atoms with van der Waals surface area (Å²) in [5.41, 5.74) is 5.07. The first-order valence-corrected chi connectivity index (χ1v) is 5.80. The Kier molecular flexibility index (Phi) is 3.05. The molecule has 2 rings (SSSR count). The van der Waals surface area contributed by atoms with Crippen molar-refractivity contribution in [1.82, 2.24) is 0 Å². The number of nitrogens with two attached hydrogens (primary N) is 1. The molecular weight excluding hydrogens is 263 g/mol. The van der Waals surface area contributed by atoms with Crippen molar-refractivity contribution in [2.24, 2.45) is 11.1 Å². The van der Waals surface area contributed by atoms with Gasteiger partial charge in [0.15, 0.2) is 0 Å². The Hall–Kier alpha value is -1.20. The van der Waals surface area contributed by atoms with Crippen LogP contribution in [0.1, 0.15) is 12.8 Å². The predicted octanol–water partition coefficient (Wildman–Crippen LogP) is 2.48. The molecule has 0 spiro atoms. The molecule has 6 heteroatoms. The Morgan fingerprint density at radius 3 is 2.59 bits per heavy atom. The van der Waals surface area contributed by atoms with Crippen molar-refractivity contribution in [2.45, 2.75) is 12.8 Å². The third-order valence-corrected chi connectivity index (χ3v) is 3.39. The molecule has 0 aromatic heterocycles. The van der Waals surface area contributed by atoms with Crippen LogP contribution in [0.25, 0.3) is 0 Å². The molecule has 3 nitrogen and oxygen atoms in total. The summed E-state index contributed by atoms with van der Waals surface area (Å²) in [7, 11) is 0. The number of anilines is 1. The van der Waals surface area contributed by atoms with E-state index >= 15 is 0 Å². The Morgan fingerprint density at radius 1 is 1.47 bits per heavy atom. The van der Waals surface area contributed by atoms with Crippen LogP contribution in [-0.4, -0.2) is 10.9 Å². The fourth-order valence-electron chi connectivity index (χ4n) is 1.59. The Morgan fingerprint density at radius 2 is 2.12 bits per heavy atom. The van der Waals surface area contributed by atoms with Gasteiger partial charge in [-0.3, -0.25) is 4.79 Å². The van der Waals surface area contributed by atoms with Gasteiger partial charge < -0.3 is 11.1 Å². The molecule has 0 aliphatic heterocycles. The van der Waals surface area contributed by atoms with E-state index in [1.807, 2.05) is 0 Å². The summed E-state index contributed by atoms with van der Waals surface area (Å²) in [6.45, 7) is 0. The highest BCUT2D eigenvalue weighted by atomic mass is 35.5. The van der Waals surface area contributed by atoms with Gasteiger partial charge in [0, 0.05) is 10.7 Å². The van der Waals surface area contributed by atoms with Gasteiger partial charge >= 0.3 is 0 Å². The van der Waals surface area contributed by atoms with Gasteiger partial charge in [-0.15, -0.1) is 0 Å². The third-order valence-electron chi connectivity index (χ3n) is 2.78. The largest absolute Gasteiger partial charge is 0.392 e. The smallest absolute Gasteiger partial charge is 0.237 e. The summed E-state index contributed by atoms with van der Waals surface area (Å²) in [6, 6.07) is 3.83. The van der Waals surface area contributed by atoms with E-state index in [1.54, 1.807) is 0 Å². The van der Waals surface area contributed by atoms with E-state index in [9.17, 15) is 9.18 Å². The Bertz CT molecular complexity index is 482. The van der Waals surface area contributed by atoms with Crippen molar-refractivity contribution < 1.29 is 9.18 Å². The van der Waals surface area contributed by atoms with Crippen molar-refractivity contribution in [3.8, 4) is 0 Å². The van der Waals surface area contributed by atoms with Gasteiger partial charge in [0.05, 0.1) is 10.4 Å².